The number of hydrogen-bond donors (Lipinski definition) is 1. The van der Waals surface area contributed by atoms with Crippen molar-refractivity contribution in [3.63, 3.8) is 0 Å². The zero-order chi connectivity index (χ0) is 23.9. The molecule has 0 spiro atoms. The molecule has 0 bridgehead atoms. The van der Waals surface area contributed by atoms with Crippen molar-refractivity contribution in [2.24, 2.45) is 0 Å². The molecular weight excluding hydrogens is 476 g/mol. The SMILES string of the molecule is CC1(NS(=O)(=O)c2cc(Cl)c3cnn(C4CCN(C(=O)OCc5ccccc5)CC4)c3c2)CC1. The van der Waals surface area contributed by atoms with Crippen molar-refractivity contribution in [3.05, 3.63) is 59.2 Å². The van der Waals surface area contributed by atoms with Crippen LogP contribution in [0.4, 0.5) is 4.79 Å². The Morgan fingerprint density at radius 1 is 1.21 bits per heavy atom. The van der Waals surface area contributed by atoms with E-state index in [4.69, 9.17) is 16.3 Å². The van der Waals surface area contributed by atoms with E-state index in [1.54, 1.807) is 17.2 Å². The predicted molar refractivity (Wildman–Crippen MR) is 129 cm³/mol. The van der Waals surface area contributed by atoms with E-state index in [-0.39, 0.29) is 29.2 Å². The van der Waals surface area contributed by atoms with Crippen molar-refractivity contribution < 1.29 is 17.9 Å². The molecule has 2 aliphatic rings. The topological polar surface area (TPSA) is 93.5 Å². The van der Waals surface area contributed by atoms with E-state index in [2.05, 4.69) is 9.82 Å². The molecule has 0 atom stereocenters. The van der Waals surface area contributed by atoms with Crippen LogP contribution in [0.2, 0.25) is 5.02 Å². The van der Waals surface area contributed by atoms with Crippen LogP contribution in [0.15, 0.2) is 53.6 Å². The lowest BCUT2D eigenvalue weighted by Gasteiger charge is -2.31. The van der Waals surface area contributed by atoms with Crippen LogP contribution in [0.5, 0.6) is 0 Å². The summed E-state index contributed by atoms with van der Waals surface area (Å²) in [6.07, 6.45) is 4.36. The van der Waals surface area contributed by atoms with Crippen molar-refractivity contribution in [2.45, 2.75) is 55.7 Å². The molecule has 2 aromatic carbocycles. The molecule has 1 saturated carbocycles. The monoisotopic (exact) mass is 502 g/mol. The molecule has 1 aliphatic heterocycles. The highest BCUT2D eigenvalue weighted by atomic mass is 35.5. The highest BCUT2D eigenvalue weighted by molar-refractivity contribution is 7.89. The van der Waals surface area contributed by atoms with Gasteiger partial charge in [0.05, 0.1) is 27.7 Å². The summed E-state index contributed by atoms with van der Waals surface area (Å²) < 4.78 is 35.9. The maximum atomic E-state index is 12.9. The summed E-state index contributed by atoms with van der Waals surface area (Å²) in [7, 11) is -3.69. The molecule has 34 heavy (non-hydrogen) atoms. The maximum Gasteiger partial charge on any atom is 0.410 e. The summed E-state index contributed by atoms with van der Waals surface area (Å²) >= 11 is 6.44. The predicted octanol–water partition coefficient (Wildman–Crippen LogP) is 4.49. The molecule has 1 aromatic heterocycles. The number of benzene rings is 2. The summed E-state index contributed by atoms with van der Waals surface area (Å²) in [5.74, 6) is 0. The lowest BCUT2D eigenvalue weighted by molar-refractivity contribution is 0.0825. The van der Waals surface area contributed by atoms with Gasteiger partial charge in [-0.3, -0.25) is 4.68 Å². The Morgan fingerprint density at radius 3 is 2.59 bits per heavy atom. The van der Waals surface area contributed by atoms with E-state index in [1.165, 1.54) is 6.07 Å². The van der Waals surface area contributed by atoms with Gasteiger partial charge in [0.2, 0.25) is 10.0 Å². The van der Waals surface area contributed by atoms with E-state index in [1.807, 2.05) is 41.9 Å². The second-order valence-corrected chi connectivity index (χ2v) is 11.4. The third kappa shape index (κ3) is 4.78. The number of rotatable bonds is 6. The third-order valence-electron chi connectivity index (χ3n) is 6.60. The highest BCUT2D eigenvalue weighted by Crippen LogP contribution is 2.37. The average Bonchev–Trinajstić information content (AvgIpc) is 3.38. The fourth-order valence-corrected chi connectivity index (χ4v) is 6.14. The van der Waals surface area contributed by atoms with Crippen LogP contribution in [0.25, 0.3) is 10.9 Å². The van der Waals surface area contributed by atoms with E-state index in [0.717, 1.165) is 18.4 Å². The molecule has 5 rings (SSSR count). The number of halogens is 1. The average molecular weight is 503 g/mol. The molecule has 0 unspecified atom stereocenters. The van der Waals surface area contributed by atoms with Gasteiger partial charge in [-0.25, -0.2) is 17.9 Å². The summed E-state index contributed by atoms with van der Waals surface area (Å²) in [5.41, 5.74) is 1.25. The highest BCUT2D eigenvalue weighted by Gasteiger charge is 2.41. The Kier molecular flexibility index (Phi) is 6.03. The minimum atomic E-state index is -3.69. The van der Waals surface area contributed by atoms with Gasteiger partial charge in [-0.1, -0.05) is 41.9 Å². The van der Waals surface area contributed by atoms with Crippen molar-refractivity contribution >= 4 is 38.6 Å². The second-order valence-electron chi connectivity index (χ2n) is 9.35. The van der Waals surface area contributed by atoms with Gasteiger partial charge in [0.25, 0.3) is 0 Å². The molecule has 2 heterocycles. The molecule has 2 fully saturated rings. The lowest BCUT2D eigenvalue weighted by atomic mass is 10.1. The van der Waals surface area contributed by atoms with Crippen LogP contribution in [0.1, 0.15) is 44.2 Å². The number of amides is 1. The van der Waals surface area contributed by atoms with E-state index in [0.29, 0.717) is 41.9 Å². The van der Waals surface area contributed by atoms with Gasteiger partial charge in [0.1, 0.15) is 6.61 Å². The van der Waals surface area contributed by atoms with Gasteiger partial charge < -0.3 is 9.64 Å². The molecule has 0 radical (unpaired) electrons. The second kappa shape index (κ2) is 8.87. The van der Waals surface area contributed by atoms with Gasteiger partial charge in [-0.15, -0.1) is 0 Å². The lowest BCUT2D eigenvalue weighted by Crippen LogP contribution is -2.39. The van der Waals surface area contributed by atoms with Crippen molar-refractivity contribution in [1.82, 2.24) is 19.4 Å². The number of carbonyl (C=O) groups excluding carboxylic acids is 1. The summed E-state index contributed by atoms with van der Waals surface area (Å²) in [4.78, 5) is 14.3. The standard InChI is InChI=1S/C24H27ClN4O4S/c1-24(9-10-24)27-34(31,32)19-13-21(25)20-15-26-29(22(20)14-19)18-7-11-28(12-8-18)23(30)33-16-17-5-3-2-4-6-17/h2-6,13-15,18,27H,7-12,16H2,1H3. The van der Waals surface area contributed by atoms with Crippen LogP contribution in [0.3, 0.4) is 0 Å². The zero-order valence-electron chi connectivity index (χ0n) is 18.9. The number of aromatic nitrogens is 2. The van der Waals surface area contributed by atoms with Crippen LogP contribution in [0, 0.1) is 0 Å². The number of sulfonamides is 1. The van der Waals surface area contributed by atoms with Crippen LogP contribution >= 0.6 is 11.6 Å². The molecular formula is C24H27ClN4O4S. The first-order valence-electron chi connectivity index (χ1n) is 11.4. The Morgan fingerprint density at radius 2 is 1.91 bits per heavy atom. The van der Waals surface area contributed by atoms with E-state index < -0.39 is 10.0 Å². The zero-order valence-corrected chi connectivity index (χ0v) is 20.5. The molecule has 180 valence electrons. The minimum Gasteiger partial charge on any atom is -0.445 e. The van der Waals surface area contributed by atoms with Gasteiger partial charge in [0.15, 0.2) is 0 Å². The largest absolute Gasteiger partial charge is 0.445 e. The van der Waals surface area contributed by atoms with Crippen molar-refractivity contribution in [1.29, 1.82) is 0 Å². The smallest absolute Gasteiger partial charge is 0.410 e. The van der Waals surface area contributed by atoms with Gasteiger partial charge in [-0.2, -0.15) is 5.10 Å². The fraction of sp³-hybridized carbons (Fsp3) is 0.417. The molecule has 1 aliphatic carbocycles. The Hall–Kier alpha value is -2.62. The number of likely N-dealkylation sites (tertiary alicyclic amines) is 1. The first-order chi connectivity index (χ1) is 16.2. The molecule has 3 aromatic rings. The fourth-order valence-electron chi connectivity index (χ4n) is 4.30. The van der Waals surface area contributed by atoms with Gasteiger partial charge in [0, 0.05) is 24.0 Å². The number of nitrogens with one attached hydrogen (secondary N) is 1. The number of fused-ring (bicyclic) bond motifs is 1. The van der Waals surface area contributed by atoms with Gasteiger partial charge >= 0.3 is 6.09 Å². The number of nitrogens with zero attached hydrogens (tertiary/aromatic N) is 3. The number of ether oxygens (including phenoxy) is 1. The summed E-state index contributed by atoms with van der Waals surface area (Å²) in [5, 5.41) is 5.58. The first-order valence-corrected chi connectivity index (χ1v) is 13.3. The van der Waals surface area contributed by atoms with Crippen molar-refractivity contribution in [2.75, 3.05) is 13.1 Å². The number of piperidine rings is 1. The summed E-state index contributed by atoms with van der Waals surface area (Å²) in [6.45, 7) is 3.20. The Bertz CT molecular complexity index is 1310. The third-order valence-corrected chi connectivity index (χ3v) is 8.53. The van der Waals surface area contributed by atoms with Crippen molar-refractivity contribution in [3.8, 4) is 0 Å². The number of hydrogen-bond acceptors (Lipinski definition) is 5. The summed E-state index contributed by atoms with van der Waals surface area (Å²) in [6, 6.07) is 12.7. The molecule has 1 saturated heterocycles. The van der Waals surface area contributed by atoms with E-state index in [9.17, 15) is 13.2 Å². The quantitative estimate of drug-likeness (QED) is 0.536. The molecule has 8 nitrogen and oxygen atoms in total. The number of carbonyl (C=O) groups is 1. The molecule has 1 amide bonds. The normalized spacial score (nSPS) is 18.2. The molecule has 10 heteroatoms. The van der Waals surface area contributed by atoms with Crippen LogP contribution in [-0.4, -0.2) is 47.8 Å². The van der Waals surface area contributed by atoms with Crippen LogP contribution in [-0.2, 0) is 21.4 Å². The first kappa shape index (κ1) is 23.1. The Labute approximate surface area is 203 Å². The van der Waals surface area contributed by atoms with Crippen LogP contribution < -0.4 is 4.72 Å². The minimum absolute atomic E-state index is 0.0265. The van der Waals surface area contributed by atoms with E-state index >= 15 is 0 Å². The Balaban J connectivity index is 1.28. The molecule has 1 N–H and O–H groups in total. The maximum absolute atomic E-state index is 12.9. The van der Waals surface area contributed by atoms with Gasteiger partial charge in [-0.05, 0) is 50.3 Å².